The average Bonchev–Trinajstić information content (AvgIpc) is 3.09. The Morgan fingerprint density at radius 1 is 1.19 bits per heavy atom. The molecular formula is C26H31N2O4+. The summed E-state index contributed by atoms with van der Waals surface area (Å²) in [6.07, 6.45) is 2.53. The van der Waals surface area contributed by atoms with Gasteiger partial charge in [-0.2, -0.15) is 0 Å². The SMILES string of the molecule is C=C[C@@]1([C@H](NC(=O)OCC2c3ccccc3-c3ccccc32)C(=O)O)CCC[N+](C)(C)C1. The molecule has 2 aliphatic rings. The quantitative estimate of drug-likeness (QED) is 0.531. The van der Waals surface area contributed by atoms with Crippen molar-refractivity contribution in [3.05, 3.63) is 72.3 Å². The van der Waals surface area contributed by atoms with Crippen molar-refractivity contribution in [3.8, 4) is 11.1 Å². The number of hydrogen-bond donors (Lipinski definition) is 2. The van der Waals surface area contributed by atoms with Crippen LogP contribution in [0.5, 0.6) is 0 Å². The zero-order valence-electron chi connectivity index (χ0n) is 18.7. The van der Waals surface area contributed by atoms with Crippen molar-refractivity contribution in [1.82, 2.24) is 5.32 Å². The number of carbonyl (C=O) groups excluding carboxylic acids is 1. The second kappa shape index (κ2) is 8.43. The summed E-state index contributed by atoms with van der Waals surface area (Å²) in [5.74, 6) is -1.14. The van der Waals surface area contributed by atoms with Gasteiger partial charge < -0.3 is 19.6 Å². The number of nitrogens with one attached hydrogen (secondary N) is 1. The fourth-order valence-corrected chi connectivity index (χ4v) is 5.52. The number of fused-ring (bicyclic) bond motifs is 3. The third kappa shape index (κ3) is 4.02. The highest BCUT2D eigenvalue weighted by molar-refractivity contribution is 5.82. The molecule has 1 heterocycles. The van der Waals surface area contributed by atoms with Crippen LogP contribution in [-0.2, 0) is 9.53 Å². The Morgan fingerprint density at radius 2 is 1.78 bits per heavy atom. The Hall–Kier alpha value is -3.12. The van der Waals surface area contributed by atoms with Crippen LogP contribution in [-0.4, -0.2) is 61.5 Å². The zero-order valence-corrected chi connectivity index (χ0v) is 18.7. The second-order valence-electron chi connectivity index (χ2n) is 9.60. The minimum absolute atomic E-state index is 0.0740. The maximum Gasteiger partial charge on any atom is 0.407 e. The lowest BCUT2D eigenvalue weighted by molar-refractivity contribution is -0.901. The van der Waals surface area contributed by atoms with Gasteiger partial charge >= 0.3 is 12.1 Å². The maximum atomic E-state index is 12.8. The van der Waals surface area contributed by atoms with Crippen molar-refractivity contribution in [1.29, 1.82) is 0 Å². The van der Waals surface area contributed by atoms with Gasteiger partial charge in [-0.25, -0.2) is 9.59 Å². The number of nitrogens with zero attached hydrogens (tertiary/aromatic N) is 1. The van der Waals surface area contributed by atoms with Gasteiger partial charge in [0.25, 0.3) is 0 Å². The summed E-state index contributed by atoms with van der Waals surface area (Å²) in [4.78, 5) is 24.9. The van der Waals surface area contributed by atoms with E-state index in [1.807, 2.05) is 24.3 Å². The first kappa shape index (κ1) is 22.1. The molecule has 6 heteroatoms. The molecule has 0 saturated carbocycles. The lowest BCUT2D eigenvalue weighted by Gasteiger charge is -2.46. The molecule has 1 amide bonds. The molecule has 2 atom stereocenters. The molecule has 168 valence electrons. The number of benzene rings is 2. The van der Waals surface area contributed by atoms with Crippen LogP contribution in [0.1, 0.15) is 29.9 Å². The van der Waals surface area contributed by atoms with Gasteiger partial charge in [0, 0.05) is 5.92 Å². The van der Waals surface area contributed by atoms with E-state index >= 15 is 0 Å². The lowest BCUT2D eigenvalue weighted by Crippen LogP contribution is -2.62. The van der Waals surface area contributed by atoms with E-state index in [9.17, 15) is 14.7 Å². The number of likely N-dealkylation sites (tertiary alicyclic amines) is 1. The van der Waals surface area contributed by atoms with Crippen molar-refractivity contribution in [3.63, 3.8) is 0 Å². The second-order valence-corrected chi connectivity index (χ2v) is 9.60. The largest absolute Gasteiger partial charge is 0.480 e. The Balaban J connectivity index is 1.50. The highest BCUT2D eigenvalue weighted by Gasteiger charge is 2.49. The highest BCUT2D eigenvalue weighted by Crippen LogP contribution is 2.44. The number of carboxylic acids is 1. The fraction of sp³-hybridized carbons (Fsp3) is 0.385. The molecular weight excluding hydrogens is 404 g/mol. The van der Waals surface area contributed by atoms with Crippen LogP contribution in [0.25, 0.3) is 11.1 Å². The number of quaternary nitrogens is 1. The predicted octanol–water partition coefficient (Wildman–Crippen LogP) is 4.02. The van der Waals surface area contributed by atoms with Crippen LogP contribution in [0.15, 0.2) is 61.2 Å². The number of amides is 1. The highest BCUT2D eigenvalue weighted by atomic mass is 16.5. The van der Waals surface area contributed by atoms with Gasteiger partial charge in [0.05, 0.1) is 32.6 Å². The topological polar surface area (TPSA) is 75.6 Å². The van der Waals surface area contributed by atoms with E-state index in [0.29, 0.717) is 17.4 Å². The molecule has 32 heavy (non-hydrogen) atoms. The number of rotatable bonds is 6. The summed E-state index contributed by atoms with van der Waals surface area (Å²) in [5, 5.41) is 12.6. The van der Waals surface area contributed by atoms with E-state index in [1.54, 1.807) is 6.08 Å². The fourth-order valence-electron chi connectivity index (χ4n) is 5.52. The number of aliphatic carboxylic acids is 1. The van der Waals surface area contributed by atoms with E-state index in [0.717, 1.165) is 35.2 Å². The third-order valence-electron chi connectivity index (χ3n) is 6.96. The van der Waals surface area contributed by atoms with Gasteiger partial charge in [0.15, 0.2) is 0 Å². The molecule has 2 aromatic rings. The molecule has 2 aromatic carbocycles. The van der Waals surface area contributed by atoms with Crippen molar-refractivity contribution >= 4 is 12.1 Å². The van der Waals surface area contributed by atoms with Crippen molar-refractivity contribution < 1.29 is 23.9 Å². The number of ether oxygens (including phenoxy) is 1. The summed E-state index contributed by atoms with van der Waals surface area (Å²) >= 11 is 0. The molecule has 1 fully saturated rings. The van der Waals surface area contributed by atoms with Crippen LogP contribution in [0.2, 0.25) is 0 Å². The molecule has 6 nitrogen and oxygen atoms in total. The number of hydrogen-bond acceptors (Lipinski definition) is 3. The number of carbonyl (C=O) groups is 2. The smallest absolute Gasteiger partial charge is 0.407 e. The first-order valence-electron chi connectivity index (χ1n) is 11.1. The molecule has 0 aromatic heterocycles. The number of piperidine rings is 1. The normalized spacial score (nSPS) is 22.3. The summed E-state index contributed by atoms with van der Waals surface area (Å²) in [5.41, 5.74) is 3.80. The van der Waals surface area contributed by atoms with E-state index in [1.165, 1.54) is 0 Å². The standard InChI is InChI=1S/C26H30N2O4/c1-4-26(14-9-15-28(2,3)17-26)23(24(29)30)27-25(31)32-16-22-20-12-7-5-10-18(20)19-11-6-8-13-21(19)22/h4-8,10-13,22-23H,1,9,14-17H2,2-3H3,(H-,27,29,30,31)/p+1/t23-,26-/m1/s1. The zero-order chi connectivity index (χ0) is 22.9. The van der Waals surface area contributed by atoms with Gasteiger partial charge in [-0.15, -0.1) is 6.58 Å². The van der Waals surface area contributed by atoms with Crippen LogP contribution in [0.3, 0.4) is 0 Å². The molecule has 1 aliphatic carbocycles. The minimum Gasteiger partial charge on any atom is -0.480 e. The first-order chi connectivity index (χ1) is 15.3. The van der Waals surface area contributed by atoms with Gasteiger partial charge in [-0.3, -0.25) is 0 Å². The first-order valence-corrected chi connectivity index (χ1v) is 11.1. The van der Waals surface area contributed by atoms with Crippen molar-refractivity contribution in [2.75, 3.05) is 33.8 Å². The van der Waals surface area contributed by atoms with Gasteiger partial charge in [0.1, 0.15) is 12.6 Å². The molecule has 0 radical (unpaired) electrons. The summed E-state index contributed by atoms with van der Waals surface area (Å²) < 4.78 is 6.28. The van der Waals surface area contributed by atoms with Crippen LogP contribution < -0.4 is 5.32 Å². The Kier molecular flexibility index (Phi) is 5.82. The van der Waals surface area contributed by atoms with E-state index in [4.69, 9.17) is 4.74 Å². The van der Waals surface area contributed by atoms with Crippen LogP contribution >= 0.6 is 0 Å². The number of carboxylic acid groups (broad SMARTS) is 1. The summed E-state index contributed by atoms with van der Waals surface area (Å²) in [6, 6.07) is 15.1. The van der Waals surface area contributed by atoms with Gasteiger partial charge in [0.2, 0.25) is 0 Å². The molecule has 0 spiro atoms. The summed E-state index contributed by atoms with van der Waals surface area (Å²) in [6.45, 7) is 5.63. The Bertz CT molecular complexity index is 1000. The molecule has 0 unspecified atom stereocenters. The molecule has 1 saturated heterocycles. The predicted molar refractivity (Wildman–Crippen MR) is 123 cm³/mol. The lowest BCUT2D eigenvalue weighted by atomic mass is 9.73. The van der Waals surface area contributed by atoms with Crippen molar-refractivity contribution in [2.45, 2.75) is 24.8 Å². The minimum atomic E-state index is -1.09. The maximum absolute atomic E-state index is 12.8. The van der Waals surface area contributed by atoms with Crippen LogP contribution in [0, 0.1) is 5.41 Å². The Labute approximate surface area is 189 Å². The number of alkyl carbamates (subject to hydrolysis) is 1. The van der Waals surface area contributed by atoms with Crippen LogP contribution in [0.4, 0.5) is 4.79 Å². The summed E-state index contributed by atoms with van der Waals surface area (Å²) in [7, 11) is 4.15. The molecule has 2 N–H and O–H groups in total. The third-order valence-corrected chi connectivity index (χ3v) is 6.96. The van der Waals surface area contributed by atoms with E-state index in [2.05, 4.69) is 50.3 Å². The Morgan fingerprint density at radius 3 is 2.31 bits per heavy atom. The van der Waals surface area contributed by atoms with E-state index < -0.39 is 23.5 Å². The van der Waals surface area contributed by atoms with Crippen molar-refractivity contribution in [2.24, 2.45) is 5.41 Å². The monoisotopic (exact) mass is 435 g/mol. The molecule has 1 aliphatic heterocycles. The molecule has 4 rings (SSSR count). The molecule has 0 bridgehead atoms. The van der Waals surface area contributed by atoms with Gasteiger partial charge in [-0.1, -0.05) is 54.6 Å². The van der Waals surface area contributed by atoms with Gasteiger partial charge in [-0.05, 0) is 35.1 Å². The van der Waals surface area contributed by atoms with E-state index in [-0.39, 0.29) is 12.5 Å². The average molecular weight is 436 g/mol.